The second-order valence-electron chi connectivity index (χ2n) is 4.07. The zero-order valence-electron chi connectivity index (χ0n) is 10.4. The van der Waals surface area contributed by atoms with Gasteiger partial charge in [-0.15, -0.1) is 28.5 Å². The lowest BCUT2D eigenvalue weighted by Crippen LogP contribution is -2.01. The zero-order chi connectivity index (χ0) is 13.5. The quantitative estimate of drug-likeness (QED) is 0.580. The Labute approximate surface area is 121 Å². The van der Waals surface area contributed by atoms with Crippen LogP contribution in [0.1, 0.15) is 12.1 Å². The average Bonchev–Trinajstić information content (AvgIpc) is 2.87. The molecule has 0 aliphatic heterocycles. The summed E-state index contributed by atoms with van der Waals surface area (Å²) in [5.41, 5.74) is 0.979. The van der Waals surface area contributed by atoms with Gasteiger partial charge in [-0.05, 0) is 37.1 Å². The minimum absolute atomic E-state index is 0.204. The molecule has 0 bridgehead atoms. The Morgan fingerprint density at radius 1 is 1.26 bits per heavy atom. The third-order valence-electron chi connectivity index (χ3n) is 2.56. The van der Waals surface area contributed by atoms with Gasteiger partial charge in [0.15, 0.2) is 0 Å². The van der Waals surface area contributed by atoms with Crippen molar-refractivity contribution in [1.82, 2.24) is 15.0 Å². The lowest BCUT2D eigenvalue weighted by molar-refractivity contribution is 0.626. The third-order valence-corrected chi connectivity index (χ3v) is 3.81. The molecular formula is C13H15ClFN3S. The molecule has 0 amide bonds. The first-order valence-electron chi connectivity index (χ1n) is 6.11. The summed E-state index contributed by atoms with van der Waals surface area (Å²) < 4.78 is 14.6. The largest absolute Gasteiger partial charge is 0.251 e. The number of nitrogens with zero attached hydrogens (tertiary/aromatic N) is 3. The van der Waals surface area contributed by atoms with E-state index in [4.69, 9.17) is 11.6 Å². The molecule has 0 saturated heterocycles. The standard InChI is InChI=1S/C13H15ClFN3S/c14-7-1-2-12-10-18(17-16-12)8-9-19-13-5-3-11(15)4-6-13/h3-6,10H,1-2,7-9H2. The Balaban J connectivity index is 1.76. The number of halogens is 2. The summed E-state index contributed by atoms with van der Waals surface area (Å²) in [4.78, 5) is 1.06. The Hall–Kier alpha value is -1.07. The van der Waals surface area contributed by atoms with Crippen LogP contribution in [-0.4, -0.2) is 26.6 Å². The minimum atomic E-state index is -0.204. The van der Waals surface area contributed by atoms with Crippen LogP contribution < -0.4 is 0 Å². The second-order valence-corrected chi connectivity index (χ2v) is 5.61. The monoisotopic (exact) mass is 299 g/mol. The van der Waals surface area contributed by atoms with Crippen molar-refractivity contribution in [1.29, 1.82) is 0 Å². The van der Waals surface area contributed by atoms with Crippen molar-refractivity contribution in [2.75, 3.05) is 11.6 Å². The molecule has 0 unspecified atom stereocenters. The SMILES string of the molecule is Fc1ccc(SCCn2cc(CCCCl)nn2)cc1. The van der Waals surface area contributed by atoms with Gasteiger partial charge < -0.3 is 0 Å². The summed E-state index contributed by atoms with van der Waals surface area (Å²) >= 11 is 7.31. The maximum atomic E-state index is 12.7. The first-order valence-corrected chi connectivity index (χ1v) is 7.63. The average molecular weight is 300 g/mol. The number of aromatic nitrogens is 3. The molecule has 0 fully saturated rings. The van der Waals surface area contributed by atoms with Crippen LogP contribution in [0, 0.1) is 5.82 Å². The first kappa shape index (κ1) is 14.3. The van der Waals surface area contributed by atoms with E-state index in [9.17, 15) is 4.39 Å². The van der Waals surface area contributed by atoms with E-state index >= 15 is 0 Å². The number of benzene rings is 1. The van der Waals surface area contributed by atoms with E-state index in [1.165, 1.54) is 12.1 Å². The summed E-state index contributed by atoms with van der Waals surface area (Å²) in [7, 11) is 0. The molecular weight excluding hydrogens is 285 g/mol. The van der Waals surface area contributed by atoms with Crippen LogP contribution in [0.25, 0.3) is 0 Å². The summed E-state index contributed by atoms with van der Waals surface area (Å²) in [6, 6.07) is 6.52. The fourth-order valence-electron chi connectivity index (χ4n) is 1.60. The van der Waals surface area contributed by atoms with Gasteiger partial charge in [0.2, 0.25) is 0 Å². The van der Waals surface area contributed by atoms with Gasteiger partial charge in [0, 0.05) is 22.7 Å². The molecule has 19 heavy (non-hydrogen) atoms. The normalized spacial score (nSPS) is 10.8. The lowest BCUT2D eigenvalue weighted by atomic mass is 10.3. The number of hydrogen-bond acceptors (Lipinski definition) is 3. The minimum Gasteiger partial charge on any atom is -0.251 e. The number of hydrogen-bond donors (Lipinski definition) is 0. The summed E-state index contributed by atoms with van der Waals surface area (Å²) in [5, 5.41) is 8.15. The highest BCUT2D eigenvalue weighted by molar-refractivity contribution is 7.99. The molecule has 1 aromatic heterocycles. The molecule has 102 valence electrons. The predicted molar refractivity (Wildman–Crippen MR) is 76.2 cm³/mol. The van der Waals surface area contributed by atoms with Gasteiger partial charge >= 0.3 is 0 Å². The van der Waals surface area contributed by atoms with E-state index in [1.807, 2.05) is 10.9 Å². The van der Waals surface area contributed by atoms with Crippen LogP contribution in [0.2, 0.25) is 0 Å². The van der Waals surface area contributed by atoms with Crippen molar-refractivity contribution in [2.24, 2.45) is 0 Å². The first-order chi connectivity index (χ1) is 9.28. The van der Waals surface area contributed by atoms with Gasteiger partial charge in [0.25, 0.3) is 0 Å². The van der Waals surface area contributed by atoms with E-state index in [-0.39, 0.29) is 5.82 Å². The second kappa shape index (κ2) is 7.50. The predicted octanol–water partition coefficient (Wildman–Crippen LogP) is 3.38. The van der Waals surface area contributed by atoms with Crippen molar-refractivity contribution in [3.8, 4) is 0 Å². The third kappa shape index (κ3) is 4.84. The van der Waals surface area contributed by atoms with Crippen LogP contribution in [0.15, 0.2) is 35.4 Å². The fourth-order valence-corrected chi connectivity index (χ4v) is 2.57. The maximum Gasteiger partial charge on any atom is 0.123 e. The highest BCUT2D eigenvalue weighted by Crippen LogP contribution is 2.18. The molecule has 0 atom stereocenters. The fraction of sp³-hybridized carbons (Fsp3) is 0.385. The number of thioether (sulfide) groups is 1. The van der Waals surface area contributed by atoms with Crippen LogP contribution >= 0.6 is 23.4 Å². The van der Waals surface area contributed by atoms with Gasteiger partial charge in [-0.3, -0.25) is 4.68 Å². The van der Waals surface area contributed by atoms with Crippen molar-refractivity contribution in [3.63, 3.8) is 0 Å². The van der Waals surface area contributed by atoms with Crippen LogP contribution in [-0.2, 0) is 13.0 Å². The Kier molecular flexibility index (Phi) is 5.66. The summed E-state index contributed by atoms with van der Waals surface area (Å²) in [5.74, 6) is 1.32. The Morgan fingerprint density at radius 3 is 2.79 bits per heavy atom. The van der Waals surface area contributed by atoms with E-state index in [2.05, 4.69) is 10.3 Å². The summed E-state index contributed by atoms with van der Waals surface area (Å²) in [6.07, 6.45) is 3.75. The molecule has 2 aromatic rings. The molecule has 0 spiro atoms. The smallest absolute Gasteiger partial charge is 0.123 e. The van der Waals surface area contributed by atoms with E-state index in [1.54, 1.807) is 23.9 Å². The molecule has 3 nitrogen and oxygen atoms in total. The van der Waals surface area contributed by atoms with E-state index in [0.717, 1.165) is 35.7 Å². The van der Waals surface area contributed by atoms with Gasteiger partial charge in [-0.2, -0.15) is 0 Å². The number of rotatable bonds is 7. The zero-order valence-corrected chi connectivity index (χ0v) is 12.0. The molecule has 2 rings (SSSR count). The van der Waals surface area contributed by atoms with Crippen molar-refractivity contribution < 1.29 is 4.39 Å². The molecule has 0 aliphatic carbocycles. The molecule has 0 saturated carbocycles. The highest BCUT2D eigenvalue weighted by Gasteiger charge is 2.01. The lowest BCUT2D eigenvalue weighted by Gasteiger charge is -2.01. The molecule has 0 aliphatic rings. The highest BCUT2D eigenvalue weighted by atomic mass is 35.5. The number of aryl methyl sites for hydroxylation is 2. The van der Waals surface area contributed by atoms with Gasteiger partial charge in [-0.1, -0.05) is 5.21 Å². The number of alkyl halides is 1. The molecule has 0 N–H and O–H groups in total. The Bertz CT molecular complexity index is 501. The maximum absolute atomic E-state index is 12.7. The van der Waals surface area contributed by atoms with Crippen molar-refractivity contribution in [3.05, 3.63) is 42.0 Å². The molecule has 1 aromatic carbocycles. The van der Waals surface area contributed by atoms with E-state index in [0.29, 0.717) is 5.88 Å². The van der Waals surface area contributed by atoms with Gasteiger partial charge in [-0.25, -0.2) is 4.39 Å². The Morgan fingerprint density at radius 2 is 2.05 bits per heavy atom. The van der Waals surface area contributed by atoms with Gasteiger partial charge in [0.1, 0.15) is 5.82 Å². The van der Waals surface area contributed by atoms with E-state index < -0.39 is 0 Å². The van der Waals surface area contributed by atoms with Crippen molar-refractivity contribution >= 4 is 23.4 Å². The molecule has 6 heteroatoms. The van der Waals surface area contributed by atoms with Gasteiger partial charge in [0.05, 0.1) is 12.2 Å². The summed E-state index contributed by atoms with van der Waals surface area (Å²) in [6.45, 7) is 0.788. The molecule has 1 heterocycles. The molecule has 0 radical (unpaired) electrons. The topological polar surface area (TPSA) is 30.7 Å². The van der Waals surface area contributed by atoms with Crippen LogP contribution in [0.4, 0.5) is 4.39 Å². The van der Waals surface area contributed by atoms with Crippen LogP contribution in [0.5, 0.6) is 0 Å². The van der Waals surface area contributed by atoms with Crippen LogP contribution in [0.3, 0.4) is 0 Å². The van der Waals surface area contributed by atoms with Crippen molar-refractivity contribution in [2.45, 2.75) is 24.3 Å².